The lowest BCUT2D eigenvalue weighted by atomic mass is 10.1. The number of piperazine rings is 1. The molecule has 0 saturated carbocycles. The highest BCUT2D eigenvalue weighted by Gasteiger charge is 2.23. The predicted molar refractivity (Wildman–Crippen MR) is 103 cm³/mol. The van der Waals surface area contributed by atoms with Crippen molar-refractivity contribution >= 4 is 39.7 Å². The van der Waals surface area contributed by atoms with E-state index in [0.29, 0.717) is 17.6 Å². The van der Waals surface area contributed by atoms with Crippen molar-refractivity contribution in [2.45, 2.75) is 6.42 Å². The van der Waals surface area contributed by atoms with Gasteiger partial charge in [-0.25, -0.2) is 0 Å². The monoisotopic (exact) mass is 412 g/mol. The molecule has 24 heavy (non-hydrogen) atoms. The Morgan fingerprint density at radius 3 is 2.50 bits per heavy atom. The van der Waals surface area contributed by atoms with E-state index in [9.17, 15) is 4.79 Å². The topological polar surface area (TPSA) is 61.9 Å². The first-order valence-electron chi connectivity index (χ1n) is 7.84. The Morgan fingerprint density at radius 2 is 1.92 bits per heavy atom. The molecule has 0 spiro atoms. The van der Waals surface area contributed by atoms with Crippen LogP contribution in [0.5, 0.6) is 0 Å². The number of halogens is 2. The van der Waals surface area contributed by atoms with Gasteiger partial charge < -0.3 is 10.6 Å². The molecular formula is C17H22BrClN4O. The van der Waals surface area contributed by atoms with Crippen molar-refractivity contribution in [2.75, 3.05) is 39.8 Å². The molecule has 2 rings (SSSR count). The highest BCUT2D eigenvalue weighted by molar-refractivity contribution is 9.12. The van der Waals surface area contributed by atoms with E-state index in [1.165, 1.54) is 11.8 Å². The maximum absolute atomic E-state index is 12.4. The molecule has 1 saturated heterocycles. The summed E-state index contributed by atoms with van der Waals surface area (Å²) in [5, 5.41) is 0.760. The molecular weight excluding hydrogens is 392 g/mol. The quantitative estimate of drug-likeness (QED) is 0.595. The third kappa shape index (κ3) is 5.33. The Morgan fingerprint density at radius 1 is 1.29 bits per heavy atom. The van der Waals surface area contributed by atoms with Gasteiger partial charge >= 0.3 is 0 Å². The minimum atomic E-state index is -0.140. The van der Waals surface area contributed by atoms with Crippen LogP contribution >= 0.6 is 27.5 Å². The number of rotatable bonds is 5. The summed E-state index contributed by atoms with van der Waals surface area (Å²) in [6.07, 6.45) is 2.52. The summed E-state index contributed by atoms with van der Waals surface area (Å²) in [6, 6.07) is 7.95. The highest BCUT2D eigenvalue weighted by atomic mass is 79.9. The molecule has 1 aromatic carbocycles. The van der Waals surface area contributed by atoms with Gasteiger partial charge in [0.15, 0.2) is 0 Å². The van der Waals surface area contributed by atoms with Gasteiger partial charge in [0.1, 0.15) is 5.70 Å². The largest absolute Gasteiger partial charge is 0.393 e. The lowest BCUT2D eigenvalue weighted by Crippen LogP contribution is -2.50. The molecule has 5 nitrogen and oxygen atoms in total. The van der Waals surface area contributed by atoms with Crippen LogP contribution < -0.4 is 5.73 Å². The fraction of sp³-hybridized carbons (Fsp3) is 0.412. The van der Waals surface area contributed by atoms with E-state index in [1.54, 1.807) is 11.9 Å². The minimum absolute atomic E-state index is 0.140. The van der Waals surface area contributed by atoms with E-state index in [2.05, 4.69) is 38.0 Å². The number of allylic oxidation sites excluding steroid dienone is 1. The summed E-state index contributed by atoms with van der Waals surface area (Å²) in [4.78, 5) is 20.4. The number of nitrogens with zero attached hydrogens (tertiary/aromatic N) is 3. The molecule has 1 aromatic rings. The van der Waals surface area contributed by atoms with Gasteiger partial charge in [-0.05, 0) is 40.0 Å². The second-order valence-electron chi connectivity index (χ2n) is 5.66. The zero-order valence-corrected chi connectivity index (χ0v) is 16.1. The van der Waals surface area contributed by atoms with Crippen LogP contribution in [0.25, 0.3) is 0 Å². The summed E-state index contributed by atoms with van der Waals surface area (Å²) < 4.78 is 0.528. The molecule has 0 atom stereocenters. The van der Waals surface area contributed by atoms with Crippen LogP contribution in [0.2, 0.25) is 5.02 Å². The Kier molecular flexibility index (Phi) is 7.27. The zero-order chi connectivity index (χ0) is 17.5. The predicted octanol–water partition coefficient (Wildman–Crippen LogP) is 2.29. The number of amides is 1. The molecule has 0 unspecified atom stereocenters. The second kappa shape index (κ2) is 9.20. The van der Waals surface area contributed by atoms with Crippen molar-refractivity contribution in [3.05, 3.63) is 45.0 Å². The first-order valence-corrected chi connectivity index (χ1v) is 9.02. The van der Waals surface area contributed by atoms with Crippen molar-refractivity contribution in [3.8, 4) is 0 Å². The molecule has 1 aliphatic heterocycles. The van der Waals surface area contributed by atoms with Crippen LogP contribution in [0.3, 0.4) is 0 Å². The first-order chi connectivity index (χ1) is 11.5. The average Bonchev–Trinajstić information content (AvgIpc) is 2.60. The fourth-order valence-electron chi connectivity index (χ4n) is 2.57. The molecule has 1 heterocycles. The Balaban J connectivity index is 1.81. The van der Waals surface area contributed by atoms with E-state index < -0.39 is 0 Å². The van der Waals surface area contributed by atoms with Crippen LogP contribution in [0.4, 0.5) is 0 Å². The van der Waals surface area contributed by atoms with Crippen molar-refractivity contribution in [1.82, 2.24) is 9.80 Å². The summed E-state index contributed by atoms with van der Waals surface area (Å²) in [6.45, 7) is 4.05. The Bertz CT molecular complexity index is 622. The number of hydrogen-bond donors (Lipinski definition) is 1. The van der Waals surface area contributed by atoms with Gasteiger partial charge in [0, 0.05) is 51.0 Å². The van der Waals surface area contributed by atoms with Gasteiger partial charge in [-0.1, -0.05) is 23.7 Å². The second-order valence-corrected chi connectivity index (χ2v) is 6.95. The van der Waals surface area contributed by atoms with Crippen LogP contribution in [-0.4, -0.2) is 61.7 Å². The molecule has 0 aromatic heterocycles. The van der Waals surface area contributed by atoms with E-state index in [1.807, 2.05) is 12.1 Å². The zero-order valence-electron chi connectivity index (χ0n) is 13.7. The first kappa shape index (κ1) is 19.0. The number of carbonyl (C=O) groups excluding carboxylic acids is 1. The molecule has 0 bridgehead atoms. The lowest BCUT2D eigenvalue weighted by molar-refractivity contribution is -0.128. The smallest absolute Gasteiger partial charge is 0.271 e. The Labute approximate surface area is 156 Å². The third-order valence-corrected chi connectivity index (χ3v) is 4.90. The van der Waals surface area contributed by atoms with Crippen LogP contribution in [-0.2, 0) is 11.2 Å². The normalized spacial score (nSPS) is 17.2. The van der Waals surface area contributed by atoms with Gasteiger partial charge in [0.25, 0.3) is 5.91 Å². The summed E-state index contributed by atoms with van der Waals surface area (Å²) in [5.41, 5.74) is 7.36. The van der Waals surface area contributed by atoms with Crippen LogP contribution in [0, 0.1) is 0 Å². The number of carbonyl (C=O) groups is 1. The van der Waals surface area contributed by atoms with Crippen LogP contribution in [0.1, 0.15) is 5.56 Å². The van der Waals surface area contributed by atoms with E-state index >= 15 is 0 Å². The molecule has 1 aliphatic rings. The molecule has 0 aliphatic carbocycles. The summed E-state index contributed by atoms with van der Waals surface area (Å²) in [5.74, 6) is -0.140. The van der Waals surface area contributed by atoms with Gasteiger partial charge in [-0.3, -0.25) is 14.7 Å². The fourth-order valence-corrected chi connectivity index (χ4v) is 3.07. The van der Waals surface area contributed by atoms with Gasteiger partial charge in [-0.2, -0.15) is 0 Å². The molecule has 1 amide bonds. The van der Waals surface area contributed by atoms with E-state index in [-0.39, 0.29) is 11.6 Å². The van der Waals surface area contributed by atoms with Crippen molar-refractivity contribution < 1.29 is 4.79 Å². The molecule has 7 heteroatoms. The standard InChI is InChI=1S/C17H22BrClN4O/c1-21-12-15(18)16(20)17(24)23-10-8-22(9-11-23)7-6-13-2-4-14(19)5-3-13/h2-5,12H,6-11,20H2,1H3. The van der Waals surface area contributed by atoms with Crippen LogP contribution in [0.15, 0.2) is 39.4 Å². The van der Waals surface area contributed by atoms with Gasteiger partial charge in [-0.15, -0.1) is 0 Å². The summed E-state index contributed by atoms with van der Waals surface area (Å²) in [7, 11) is 1.64. The van der Waals surface area contributed by atoms with E-state index in [4.69, 9.17) is 17.3 Å². The maximum Gasteiger partial charge on any atom is 0.271 e. The number of hydrogen-bond acceptors (Lipinski definition) is 4. The SMILES string of the molecule is CN=CC(Br)=C(N)C(=O)N1CCN(CCc2ccc(Cl)cc2)CC1. The lowest BCUT2D eigenvalue weighted by Gasteiger charge is -2.34. The minimum Gasteiger partial charge on any atom is -0.393 e. The number of aliphatic imine (C=N–C) groups is 1. The molecule has 130 valence electrons. The van der Waals surface area contributed by atoms with Crippen molar-refractivity contribution in [1.29, 1.82) is 0 Å². The highest BCUT2D eigenvalue weighted by Crippen LogP contribution is 2.13. The van der Waals surface area contributed by atoms with Crippen molar-refractivity contribution in [2.24, 2.45) is 10.7 Å². The number of benzene rings is 1. The molecule has 2 N–H and O–H groups in total. The molecule has 1 fully saturated rings. The Hall–Kier alpha value is -1.37. The summed E-state index contributed by atoms with van der Waals surface area (Å²) >= 11 is 9.18. The van der Waals surface area contributed by atoms with Crippen molar-refractivity contribution in [3.63, 3.8) is 0 Å². The third-order valence-electron chi connectivity index (χ3n) is 4.02. The van der Waals surface area contributed by atoms with Gasteiger partial charge in [0.2, 0.25) is 0 Å². The maximum atomic E-state index is 12.4. The van der Waals surface area contributed by atoms with E-state index in [0.717, 1.165) is 31.1 Å². The average molecular weight is 414 g/mol. The number of nitrogens with two attached hydrogens (primary N) is 1. The van der Waals surface area contributed by atoms with Gasteiger partial charge in [0.05, 0.1) is 4.48 Å². The molecule has 0 radical (unpaired) electrons.